The Morgan fingerprint density at radius 1 is 1.21 bits per heavy atom. The molecule has 6 heteroatoms. The van der Waals surface area contributed by atoms with Crippen LogP contribution in [0.2, 0.25) is 0 Å². The van der Waals surface area contributed by atoms with Gasteiger partial charge in [-0.2, -0.15) is 4.98 Å². The fraction of sp³-hybridized carbons (Fsp3) is 0.318. The molecule has 0 aliphatic heterocycles. The van der Waals surface area contributed by atoms with Gasteiger partial charge >= 0.3 is 0 Å². The number of allylic oxidation sites excluding steroid dienone is 1. The number of aromatic nitrogens is 3. The normalized spacial score (nSPS) is 17.0. The molecular formula is C22H26N6. The van der Waals surface area contributed by atoms with Gasteiger partial charge in [-0.05, 0) is 61.9 Å². The van der Waals surface area contributed by atoms with E-state index in [0.29, 0.717) is 5.95 Å². The predicted molar refractivity (Wildman–Crippen MR) is 114 cm³/mol. The standard InChI is InChI=1S/C22H26N6/c1-3-24-20-11-10-17(13-16(20)14-23)25-22-26-21-19(9-6-12-28(21)27-22)18-8-5-4-7-15(18)2/h4-9,12,14,17,23-24H,3,10-11,13H2,1-2H3,(H,25,27). The number of nitrogens with zero attached hydrogens (tertiary/aromatic N) is 3. The van der Waals surface area contributed by atoms with Crippen molar-refractivity contribution in [3.05, 3.63) is 59.4 Å². The fourth-order valence-corrected chi connectivity index (χ4v) is 3.89. The quantitative estimate of drug-likeness (QED) is 0.566. The molecule has 0 bridgehead atoms. The summed E-state index contributed by atoms with van der Waals surface area (Å²) in [5, 5.41) is 19.2. The molecule has 0 saturated heterocycles. The van der Waals surface area contributed by atoms with E-state index in [1.807, 2.05) is 16.8 Å². The molecule has 1 aliphatic rings. The number of fused-ring (bicyclic) bond motifs is 1. The Kier molecular flexibility index (Phi) is 5.10. The Hall–Kier alpha value is -3.15. The maximum absolute atomic E-state index is 7.72. The molecular weight excluding hydrogens is 348 g/mol. The number of pyridine rings is 1. The largest absolute Gasteiger partial charge is 0.388 e. The Balaban J connectivity index is 1.61. The number of anilines is 1. The zero-order chi connectivity index (χ0) is 19.5. The van der Waals surface area contributed by atoms with Gasteiger partial charge in [0.2, 0.25) is 5.95 Å². The number of hydrogen-bond acceptors (Lipinski definition) is 5. The molecule has 1 atom stereocenters. The van der Waals surface area contributed by atoms with Crippen molar-refractivity contribution in [2.24, 2.45) is 0 Å². The van der Waals surface area contributed by atoms with Gasteiger partial charge in [-0.1, -0.05) is 24.3 Å². The van der Waals surface area contributed by atoms with Crippen molar-refractivity contribution < 1.29 is 0 Å². The zero-order valence-corrected chi connectivity index (χ0v) is 16.4. The van der Waals surface area contributed by atoms with Crippen molar-refractivity contribution in [2.75, 3.05) is 11.9 Å². The number of nitrogens with one attached hydrogen (secondary N) is 3. The van der Waals surface area contributed by atoms with Crippen molar-refractivity contribution in [2.45, 2.75) is 39.2 Å². The third-order valence-corrected chi connectivity index (χ3v) is 5.29. The van der Waals surface area contributed by atoms with E-state index in [9.17, 15) is 0 Å². The van der Waals surface area contributed by atoms with Gasteiger partial charge in [-0.3, -0.25) is 0 Å². The SMILES string of the molecule is CCNC1=C(C=N)CC(Nc2nc3c(-c4ccccc4C)cccn3n2)CC1. The number of benzene rings is 1. The third kappa shape index (κ3) is 3.50. The topological polar surface area (TPSA) is 78.1 Å². The fourth-order valence-electron chi connectivity index (χ4n) is 3.89. The molecule has 1 aliphatic carbocycles. The van der Waals surface area contributed by atoms with Crippen LogP contribution < -0.4 is 10.6 Å². The van der Waals surface area contributed by atoms with Crippen LogP contribution >= 0.6 is 0 Å². The molecule has 144 valence electrons. The van der Waals surface area contributed by atoms with E-state index >= 15 is 0 Å². The molecule has 0 spiro atoms. The first-order valence-corrected chi connectivity index (χ1v) is 9.84. The van der Waals surface area contributed by atoms with Gasteiger partial charge < -0.3 is 16.0 Å². The summed E-state index contributed by atoms with van der Waals surface area (Å²) in [5.41, 5.74) is 6.59. The zero-order valence-electron chi connectivity index (χ0n) is 16.4. The molecule has 0 radical (unpaired) electrons. The number of rotatable bonds is 6. The van der Waals surface area contributed by atoms with Gasteiger partial charge in [-0.15, -0.1) is 5.10 Å². The Bertz CT molecular complexity index is 1030. The van der Waals surface area contributed by atoms with Gasteiger partial charge in [-0.25, -0.2) is 4.52 Å². The molecule has 2 aromatic heterocycles. The van der Waals surface area contributed by atoms with Crippen LogP contribution in [0.3, 0.4) is 0 Å². The third-order valence-electron chi connectivity index (χ3n) is 5.29. The minimum atomic E-state index is 0.235. The second-order valence-corrected chi connectivity index (χ2v) is 7.20. The minimum Gasteiger partial charge on any atom is -0.388 e. The summed E-state index contributed by atoms with van der Waals surface area (Å²) in [6.07, 6.45) is 6.16. The van der Waals surface area contributed by atoms with Gasteiger partial charge in [0.1, 0.15) is 0 Å². The van der Waals surface area contributed by atoms with Crippen LogP contribution in [0.1, 0.15) is 31.7 Å². The molecule has 0 saturated carbocycles. The Labute approximate surface area is 165 Å². The van der Waals surface area contributed by atoms with Crippen LogP contribution in [0.4, 0.5) is 5.95 Å². The lowest BCUT2D eigenvalue weighted by Crippen LogP contribution is -2.29. The van der Waals surface area contributed by atoms with Crippen molar-refractivity contribution in [1.82, 2.24) is 19.9 Å². The summed E-state index contributed by atoms with van der Waals surface area (Å²) >= 11 is 0. The summed E-state index contributed by atoms with van der Waals surface area (Å²) in [5.74, 6) is 0.641. The lowest BCUT2D eigenvalue weighted by molar-refractivity contribution is 0.581. The van der Waals surface area contributed by atoms with E-state index in [2.05, 4.69) is 59.9 Å². The first-order valence-electron chi connectivity index (χ1n) is 9.84. The summed E-state index contributed by atoms with van der Waals surface area (Å²) in [6, 6.07) is 12.7. The van der Waals surface area contributed by atoms with Crippen LogP contribution in [0, 0.1) is 12.3 Å². The number of hydrogen-bond donors (Lipinski definition) is 3. The highest BCUT2D eigenvalue weighted by Crippen LogP contribution is 2.28. The monoisotopic (exact) mass is 374 g/mol. The molecule has 0 fully saturated rings. The molecule has 0 amide bonds. The van der Waals surface area contributed by atoms with Crippen molar-refractivity contribution in [3.63, 3.8) is 0 Å². The second-order valence-electron chi connectivity index (χ2n) is 7.20. The van der Waals surface area contributed by atoms with Crippen LogP contribution in [0.15, 0.2) is 53.9 Å². The van der Waals surface area contributed by atoms with Gasteiger partial charge in [0.05, 0.1) is 0 Å². The predicted octanol–water partition coefficient (Wildman–Crippen LogP) is 4.18. The Morgan fingerprint density at radius 3 is 2.82 bits per heavy atom. The van der Waals surface area contributed by atoms with Crippen molar-refractivity contribution in [1.29, 1.82) is 5.41 Å². The molecule has 1 aromatic carbocycles. The minimum absolute atomic E-state index is 0.235. The molecule has 6 nitrogen and oxygen atoms in total. The van der Waals surface area contributed by atoms with E-state index in [1.165, 1.54) is 23.0 Å². The lowest BCUT2D eigenvalue weighted by atomic mass is 9.92. The first-order chi connectivity index (χ1) is 13.7. The van der Waals surface area contributed by atoms with Gasteiger partial charge in [0, 0.05) is 36.3 Å². The molecule has 3 N–H and O–H groups in total. The average molecular weight is 374 g/mol. The highest BCUT2D eigenvalue weighted by Gasteiger charge is 2.21. The maximum atomic E-state index is 7.72. The first kappa shape index (κ1) is 18.2. The van der Waals surface area contributed by atoms with Crippen molar-refractivity contribution >= 4 is 17.8 Å². The van der Waals surface area contributed by atoms with Crippen LogP contribution in [0.5, 0.6) is 0 Å². The molecule has 3 aromatic rings. The second kappa shape index (κ2) is 7.84. The van der Waals surface area contributed by atoms with Gasteiger partial charge in [0.15, 0.2) is 5.65 Å². The van der Waals surface area contributed by atoms with E-state index in [1.54, 1.807) is 0 Å². The highest BCUT2D eigenvalue weighted by molar-refractivity contribution is 5.80. The Morgan fingerprint density at radius 2 is 2.04 bits per heavy atom. The summed E-state index contributed by atoms with van der Waals surface area (Å²) < 4.78 is 1.84. The van der Waals surface area contributed by atoms with Gasteiger partial charge in [0.25, 0.3) is 0 Å². The van der Waals surface area contributed by atoms with E-state index in [-0.39, 0.29) is 6.04 Å². The maximum Gasteiger partial charge on any atom is 0.243 e. The van der Waals surface area contributed by atoms with Crippen LogP contribution in [-0.2, 0) is 0 Å². The highest BCUT2D eigenvalue weighted by atomic mass is 15.3. The molecule has 2 heterocycles. The van der Waals surface area contributed by atoms with E-state index < -0.39 is 0 Å². The molecule has 4 rings (SSSR count). The number of aryl methyl sites for hydroxylation is 1. The summed E-state index contributed by atoms with van der Waals surface area (Å²) in [4.78, 5) is 4.78. The van der Waals surface area contributed by atoms with E-state index in [0.717, 1.165) is 42.6 Å². The lowest BCUT2D eigenvalue weighted by Gasteiger charge is -2.26. The van der Waals surface area contributed by atoms with E-state index in [4.69, 9.17) is 10.4 Å². The van der Waals surface area contributed by atoms with Crippen LogP contribution in [-0.4, -0.2) is 33.4 Å². The van der Waals surface area contributed by atoms with Crippen molar-refractivity contribution in [3.8, 4) is 11.1 Å². The smallest absolute Gasteiger partial charge is 0.243 e. The molecule has 1 unspecified atom stereocenters. The van der Waals surface area contributed by atoms with Crippen LogP contribution in [0.25, 0.3) is 16.8 Å². The summed E-state index contributed by atoms with van der Waals surface area (Å²) in [6.45, 7) is 5.09. The average Bonchev–Trinajstić information content (AvgIpc) is 3.12. The summed E-state index contributed by atoms with van der Waals surface area (Å²) in [7, 11) is 0. The molecule has 28 heavy (non-hydrogen) atoms.